The van der Waals surface area contributed by atoms with Gasteiger partial charge in [-0.3, -0.25) is 0 Å². The third-order valence-electron chi connectivity index (χ3n) is 3.49. The molecule has 0 aliphatic carbocycles. The van der Waals surface area contributed by atoms with E-state index in [9.17, 15) is 5.11 Å². The molecule has 0 radical (unpaired) electrons. The van der Waals surface area contributed by atoms with E-state index in [1.807, 2.05) is 48.9 Å². The van der Waals surface area contributed by atoms with Gasteiger partial charge in [-0.25, -0.2) is 4.68 Å². The number of benzene rings is 1. The summed E-state index contributed by atoms with van der Waals surface area (Å²) in [6, 6.07) is 12.0. The van der Waals surface area contributed by atoms with Gasteiger partial charge < -0.3 is 10.0 Å². The van der Waals surface area contributed by atoms with E-state index < -0.39 is 0 Å². The van der Waals surface area contributed by atoms with Gasteiger partial charge in [-0.05, 0) is 26.0 Å². The van der Waals surface area contributed by atoms with Crippen LogP contribution in [0.3, 0.4) is 0 Å². The predicted molar refractivity (Wildman–Crippen MR) is 82.3 cm³/mol. The number of rotatable bonds is 6. The van der Waals surface area contributed by atoms with Crippen LogP contribution in [0.25, 0.3) is 5.69 Å². The molecule has 0 spiro atoms. The highest BCUT2D eigenvalue weighted by atomic mass is 16.3. The minimum Gasteiger partial charge on any atom is -0.391 e. The Morgan fingerprint density at radius 3 is 2.62 bits per heavy atom. The molecule has 1 N–H and O–H groups in total. The fourth-order valence-corrected chi connectivity index (χ4v) is 2.41. The highest BCUT2D eigenvalue weighted by Gasteiger charge is 2.20. The molecule has 0 fully saturated rings. The molecule has 5 heteroatoms. The Labute approximate surface area is 125 Å². The van der Waals surface area contributed by atoms with Crippen LogP contribution in [0.4, 0.5) is 5.82 Å². The second kappa shape index (κ2) is 6.91. The number of aliphatic hydroxyl groups is 1. The van der Waals surface area contributed by atoms with Crippen LogP contribution in [0.2, 0.25) is 0 Å². The number of aryl methyl sites for hydroxylation is 1. The van der Waals surface area contributed by atoms with E-state index in [2.05, 4.69) is 16.1 Å². The summed E-state index contributed by atoms with van der Waals surface area (Å²) in [6.07, 6.45) is 0.442. The summed E-state index contributed by atoms with van der Waals surface area (Å²) in [7, 11) is 0. The monoisotopic (exact) mass is 284 g/mol. The van der Waals surface area contributed by atoms with Crippen LogP contribution in [0, 0.1) is 18.3 Å². The van der Waals surface area contributed by atoms with E-state index in [1.54, 1.807) is 0 Å². The number of hydrogen-bond donors (Lipinski definition) is 1. The van der Waals surface area contributed by atoms with Crippen LogP contribution in [0.5, 0.6) is 0 Å². The Morgan fingerprint density at radius 1 is 1.33 bits per heavy atom. The Bertz CT molecular complexity index is 628. The van der Waals surface area contributed by atoms with E-state index >= 15 is 0 Å². The number of anilines is 1. The minimum atomic E-state index is -0.0585. The van der Waals surface area contributed by atoms with Crippen LogP contribution in [0.15, 0.2) is 30.3 Å². The number of nitrogens with zero attached hydrogens (tertiary/aromatic N) is 4. The van der Waals surface area contributed by atoms with Crippen LogP contribution in [0.1, 0.15) is 24.6 Å². The van der Waals surface area contributed by atoms with Crippen molar-refractivity contribution in [1.82, 2.24) is 9.78 Å². The quantitative estimate of drug-likeness (QED) is 0.884. The number of aromatic nitrogens is 2. The molecule has 1 aromatic carbocycles. The summed E-state index contributed by atoms with van der Waals surface area (Å²) in [6.45, 7) is 5.25. The van der Waals surface area contributed by atoms with Crippen molar-refractivity contribution in [1.29, 1.82) is 5.26 Å². The van der Waals surface area contributed by atoms with Crippen molar-refractivity contribution < 1.29 is 5.11 Å². The number of nitriles is 1. The van der Waals surface area contributed by atoms with Crippen LogP contribution in [-0.2, 0) is 6.61 Å². The van der Waals surface area contributed by atoms with Crippen molar-refractivity contribution in [2.75, 3.05) is 18.0 Å². The van der Waals surface area contributed by atoms with Crippen LogP contribution >= 0.6 is 0 Å². The van der Waals surface area contributed by atoms with Gasteiger partial charge in [0, 0.05) is 18.7 Å². The largest absolute Gasteiger partial charge is 0.391 e. The highest BCUT2D eigenvalue weighted by molar-refractivity contribution is 5.55. The Hall–Kier alpha value is -2.32. The van der Waals surface area contributed by atoms with E-state index in [1.165, 1.54) is 0 Å². The first-order valence-electron chi connectivity index (χ1n) is 7.09. The maximum atomic E-state index is 9.68. The molecule has 0 amide bonds. The van der Waals surface area contributed by atoms with Gasteiger partial charge in [0.25, 0.3) is 0 Å². The fraction of sp³-hybridized carbons (Fsp3) is 0.375. The van der Waals surface area contributed by atoms with Crippen molar-refractivity contribution in [3.63, 3.8) is 0 Å². The molecule has 0 bridgehead atoms. The normalized spacial score (nSPS) is 10.4. The van der Waals surface area contributed by atoms with Crippen molar-refractivity contribution in [3.8, 4) is 11.8 Å². The third kappa shape index (κ3) is 3.06. The minimum absolute atomic E-state index is 0.0585. The van der Waals surface area contributed by atoms with Crippen molar-refractivity contribution in [2.24, 2.45) is 0 Å². The molecule has 1 heterocycles. The Morgan fingerprint density at radius 2 is 2.05 bits per heavy atom. The fourth-order valence-electron chi connectivity index (χ4n) is 2.41. The Kier molecular flexibility index (Phi) is 4.96. The summed E-state index contributed by atoms with van der Waals surface area (Å²) < 4.78 is 1.85. The lowest BCUT2D eigenvalue weighted by atomic mass is 10.2. The summed E-state index contributed by atoms with van der Waals surface area (Å²) >= 11 is 0. The average molecular weight is 284 g/mol. The lowest BCUT2D eigenvalue weighted by Gasteiger charge is -2.24. The van der Waals surface area contributed by atoms with Crippen LogP contribution < -0.4 is 4.90 Å². The van der Waals surface area contributed by atoms with Gasteiger partial charge in [-0.2, -0.15) is 10.4 Å². The third-order valence-corrected chi connectivity index (χ3v) is 3.49. The molecule has 2 rings (SSSR count). The zero-order valence-electron chi connectivity index (χ0n) is 12.5. The molecule has 5 nitrogen and oxygen atoms in total. The molecule has 0 saturated carbocycles. The molecule has 0 aliphatic heterocycles. The molecule has 0 atom stereocenters. The molecular weight excluding hydrogens is 264 g/mol. The van der Waals surface area contributed by atoms with Gasteiger partial charge in [0.05, 0.1) is 30.5 Å². The first-order chi connectivity index (χ1) is 10.2. The molecule has 0 saturated heterocycles. The molecule has 21 heavy (non-hydrogen) atoms. The second-order valence-electron chi connectivity index (χ2n) is 4.78. The highest BCUT2D eigenvalue weighted by Crippen LogP contribution is 2.27. The van der Waals surface area contributed by atoms with Crippen molar-refractivity contribution >= 4 is 5.82 Å². The van der Waals surface area contributed by atoms with Gasteiger partial charge in [0.2, 0.25) is 0 Å². The predicted octanol–water partition coefficient (Wildman–Crippen LogP) is 2.41. The summed E-state index contributed by atoms with van der Waals surface area (Å²) in [4.78, 5) is 2.09. The van der Waals surface area contributed by atoms with E-state index in [0.717, 1.165) is 29.3 Å². The first-order valence-corrected chi connectivity index (χ1v) is 7.09. The number of hydrogen-bond acceptors (Lipinski definition) is 4. The summed E-state index contributed by atoms with van der Waals surface area (Å²) in [5.74, 6) is 0.874. The van der Waals surface area contributed by atoms with E-state index in [0.29, 0.717) is 13.0 Å². The van der Waals surface area contributed by atoms with Gasteiger partial charge in [-0.1, -0.05) is 18.2 Å². The SMILES string of the molecule is CCN(CCC#N)c1c(CO)c(C)nn1-c1ccccc1. The lowest BCUT2D eigenvalue weighted by Crippen LogP contribution is -2.27. The smallest absolute Gasteiger partial charge is 0.138 e. The lowest BCUT2D eigenvalue weighted by molar-refractivity contribution is 0.281. The van der Waals surface area contributed by atoms with Gasteiger partial charge in [0.1, 0.15) is 5.82 Å². The van der Waals surface area contributed by atoms with Crippen LogP contribution in [-0.4, -0.2) is 28.0 Å². The van der Waals surface area contributed by atoms with Gasteiger partial charge >= 0.3 is 0 Å². The van der Waals surface area contributed by atoms with Gasteiger partial charge in [-0.15, -0.1) is 0 Å². The van der Waals surface area contributed by atoms with Crippen molar-refractivity contribution in [3.05, 3.63) is 41.6 Å². The molecular formula is C16H20N4O. The maximum Gasteiger partial charge on any atom is 0.138 e. The zero-order chi connectivity index (χ0) is 15.2. The maximum absolute atomic E-state index is 9.68. The standard InChI is InChI=1S/C16H20N4O/c1-3-19(11-7-10-17)16-15(12-21)13(2)18-20(16)14-8-5-4-6-9-14/h4-6,8-9,21H,3,7,11-12H2,1-2H3. The number of aliphatic hydroxyl groups excluding tert-OH is 1. The molecule has 1 aromatic heterocycles. The molecule has 110 valence electrons. The molecule has 0 unspecified atom stereocenters. The average Bonchev–Trinajstić information content (AvgIpc) is 2.86. The Balaban J connectivity index is 2.53. The second-order valence-corrected chi connectivity index (χ2v) is 4.78. The van der Waals surface area contributed by atoms with E-state index in [-0.39, 0.29) is 6.61 Å². The molecule has 2 aromatic rings. The zero-order valence-corrected chi connectivity index (χ0v) is 12.5. The first kappa shape index (κ1) is 15.1. The van der Waals surface area contributed by atoms with E-state index in [4.69, 9.17) is 5.26 Å². The topological polar surface area (TPSA) is 65.1 Å². The summed E-state index contributed by atoms with van der Waals surface area (Å²) in [5.41, 5.74) is 2.58. The van der Waals surface area contributed by atoms with Gasteiger partial charge in [0.15, 0.2) is 0 Å². The van der Waals surface area contributed by atoms with Crippen molar-refractivity contribution in [2.45, 2.75) is 26.9 Å². The summed E-state index contributed by atoms with van der Waals surface area (Å²) in [5, 5.41) is 23.1. The number of para-hydroxylation sites is 1. The molecule has 0 aliphatic rings.